The molecule has 8 aromatic carbocycles. The summed E-state index contributed by atoms with van der Waals surface area (Å²) < 4.78 is 0. The van der Waals surface area contributed by atoms with Crippen molar-refractivity contribution in [1.82, 2.24) is 15.0 Å². The zero-order chi connectivity index (χ0) is 40.9. The van der Waals surface area contributed by atoms with Crippen LogP contribution in [0.25, 0.3) is 100 Å². The standard InChI is InChI=1S/C58H41N3/c1-58(2)52-28-26-40-11-6-7-20-50(40)56(52)51-27-25-48(36-53(51)58)46-17-9-15-44(34-46)43-14-8-16-45(33-43)47-18-10-19-49(35-47)55-37-54(60-57(61-55)42-12-4-3-5-13-42)41-23-21-38(22-24-41)39-29-31-59-32-30-39/h3-37H,1-2H3. The van der Waals surface area contributed by atoms with Crippen LogP contribution in [0, 0.1) is 0 Å². The summed E-state index contributed by atoms with van der Waals surface area (Å²) in [4.78, 5) is 14.4. The lowest BCUT2D eigenvalue weighted by molar-refractivity contribution is 0.661. The molecule has 3 nitrogen and oxygen atoms in total. The lowest BCUT2D eigenvalue weighted by Crippen LogP contribution is -2.15. The summed E-state index contributed by atoms with van der Waals surface area (Å²) >= 11 is 0. The van der Waals surface area contributed by atoms with Crippen LogP contribution in [0.15, 0.2) is 213 Å². The van der Waals surface area contributed by atoms with Gasteiger partial charge in [-0.2, -0.15) is 0 Å². The number of hydrogen-bond donors (Lipinski definition) is 0. The molecule has 11 rings (SSSR count). The van der Waals surface area contributed by atoms with E-state index in [1.54, 1.807) is 0 Å². The molecule has 2 aromatic heterocycles. The van der Waals surface area contributed by atoms with Crippen molar-refractivity contribution in [2.24, 2.45) is 0 Å². The lowest BCUT2D eigenvalue weighted by atomic mass is 9.81. The maximum Gasteiger partial charge on any atom is 0.160 e. The number of pyridine rings is 1. The summed E-state index contributed by atoms with van der Waals surface area (Å²) in [5.41, 5.74) is 19.6. The van der Waals surface area contributed by atoms with Crippen LogP contribution in [0.5, 0.6) is 0 Å². The number of rotatable bonds is 7. The van der Waals surface area contributed by atoms with Gasteiger partial charge in [0, 0.05) is 34.5 Å². The average molecular weight is 780 g/mol. The molecule has 0 unspecified atom stereocenters. The van der Waals surface area contributed by atoms with Gasteiger partial charge in [-0.3, -0.25) is 4.98 Å². The Morgan fingerprint density at radius 2 is 0.852 bits per heavy atom. The van der Waals surface area contributed by atoms with E-state index in [1.165, 1.54) is 55.3 Å². The van der Waals surface area contributed by atoms with Gasteiger partial charge in [0.1, 0.15) is 0 Å². The molecule has 0 saturated heterocycles. The maximum absolute atomic E-state index is 5.14. The number of aromatic nitrogens is 3. The van der Waals surface area contributed by atoms with Crippen LogP contribution in [0.4, 0.5) is 0 Å². The number of benzene rings is 8. The van der Waals surface area contributed by atoms with Crippen LogP contribution in [0.3, 0.4) is 0 Å². The topological polar surface area (TPSA) is 38.7 Å². The van der Waals surface area contributed by atoms with E-state index in [9.17, 15) is 0 Å². The van der Waals surface area contributed by atoms with Crippen LogP contribution < -0.4 is 0 Å². The maximum atomic E-state index is 5.14. The fourth-order valence-electron chi connectivity index (χ4n) is 9.14. The quantitative estimate of drug-likeness (QED) is 0.162. The number of hydrogen-bond acceptors (Lipinski definition) is 3. The van der Waals surface area contributed by atoms with Gasteiger partial charge >= 0.3 is 0 Å². The molecule has 0 aliphatic heterocycles. The Morgan fingerprint density at radius 1 is 0.344 bits per heavy atom. The Balaban J connectivity index is 0.923. The van der Waals surface area contributed by atoms with E-state index in [1.807, 2.05) is 42.7 Å². The zero-order valence-corrected chi connectivity index (χ0v) is 34.0. The molecule has 288 valence electrons. The van der Waals surface area contributed by atoms with E-state index >= 15 is 0 Å². The van der Waals surface area contributed by atoms with E-state index in [4.69, 9.17) is 9.97 Å². The molecule has 61 heavy (non-hydrogen) atoms. The lowest BCUT2D eigenvalue weighted by Gasteiger charge is -2.22. The summed E-state index contributed by atoms with van der Waals surface area (Å²) in [6, 6.07) is 71.9. The first kappa shape index (κ1) is 36.3. The summed E-state index contributed by atoms with van der Waals surface area (Å²) in [5, 5.41) is 2.62. The molecule has 0 saturated carbocycles. The third-order valence-electron chi connectivity index (χ3n) is 12.4. The van der Waals surface area contributed by atoms with Crippen LogP contribution in [-0.4, -0.2) is 15.0 Å². The van der Waals surface area contributed by atoms with Crippen LogP contribution in [0.1, 0.15) is 25.0 Å². The van der Waals surface area contributed by atoms with Crippen molar-refractivity contribution in [3.63, 3.8) is 0 Å². The first-order chi connectivity index (χ1) is 30.0. The fourth-order valence-corrected chi connectivity index (χ4v) is 9.14. The Labute approximate surface area is 356 Å². The molecule has 0 radical (unpaired) electrons. The third kappa shape index (κ3) is 6.61. The smallest absolute Gasteiger partial charge is 0.160 e. The minimum Gasteiger partial charge on any atom is -0.265 e. The monoisotopic (exact) mass is 779 g/mol. The Hall–Kier alpha value is -7.75. The van der Waals surface area contributed by atoms with Gasteiger partial charge in [-0.05, 0) is 120 Å². The molecule has 3 heteroatoms. The molecule has 0 atom stereocenters. The highest BCUT2D eigenvalue weighted by atomic mass is 14.9. The molecular weight excluding hydrogens is 739 g/mol. The SMILES string of the molecule is CC1(C)c2cc(-c3cccc(-c4cccc(-c5cccc(-c6cc(-c7ccc(-c8ccncc8)cc7)nc(-c7ccccc7)n6)c5)c4)c3)ccc2-c2c1ccc1ccccc21. The van der Waals surface area contributed by atoms with E-state index in [2.05, 4.69) is 189 Å². The van der Waals surface area contributed by atoms with Gasteiger partial charge in [0.25, 0.3) is 0 Å². The van der Waals surface area contributed by atoms with Crippen molar-refractivity contribution in [2.75, 3.05) is 0 Å². The minimum absolute atomic E-state index is 0.0892. The first-order valence-corrected chi connectivity index (χ1v) is 20.9. The van der Waals surface area contributed by atoms with Crippen LogP contribution >= 0.6 is 0 Å². The van der Waals surface area contributed by atoms with E-state index in [-0.39, 0.29) is 5.41 Å². The van der Waals surface area contributed by atoms with Gasteiger partial charge in [0.05, 0.1) is 11.4 Å². The normalized spacial score (nSPS) is 12.6. The molecule has 0 spiro atoms. The molecule has 0 bridgehead atoms. The zero-order valence-electron chi connectivity index (χ0n) is 34.0. The van der Waals surface area contributed by atoms with Gasteiger partial charge in [0.2, 0.25) is 0 Å². The summed E-state index contributed by atoms with van der Waals surface area (Å²) in [6.45, 7) is 4.73. The van der Waals surface area contributed by atoms with E-state index in [0.717, 1.165) is 50.3 Å². The molecule has 0 amide bonds. The van der Waals surface area contributed by atoms with E-state index < -0.39 is 0 Å². The molecule has 2 heterocycles. The summed E-state index contributed by atoms with van der Waals surface area (Å²) in [5.74, 6) is 0.698. The molecule has 0 N–H and O–H groups in total. The van der Waals surface area contributed by atoms with Crippen LogP contribution in [0.2, 0.25) is 0 Å². The van der Waals surface area contributed by atoms with Crippen LogP contribution in [-0.2, 0) is 5.41 Å². The highest BCUT2D eigenvalue weighted by Gasteiger charge is 2.36. The molecule has 0 fully saturated rings. The van der Waals surface area contributed by atoms with Crippen molar-refractivity contribution >= 4 is 10.8 Å². The Bertz CT molecular complexity index is 3260. The Kier molecular flexibility index (Phi) is 8.82. The van der Waals surface area contributed by atoms with Crippen molar-refractivity contribution in [3.05, 3.63) is 224 Å². The van der Waals surface area contributed by atoms with Crippen molar-refractivity contribution in [1.29, 1.82) is 0 Å². The Morgan fingerprint density at radius 3 is 1.52 bits per heavy atom. The largest absolute Gasteiger partial charge is 0.265 e. The molecular formula is C58H41N3. The number of fused-ring (bicyclic) bond motifs is 5. The van der Waals surface area contributed by atoms with Crippen molar-refractivity contribution in [2.45, 2.75) is 19.3 Å². The van der Waals surface area contributed by atoms with Gasteiger partial charge in [-0.1, -0.05) is 172 Å². The highest BCUT2D eigenvalue weighted by molar-refractivity contribution is 6.03. The predicted molar refractivity (Wildman–Crippen MR) is 253 cm³/mol. The minimum atomic E-state index is -0.0892. The molecule has 10 aromatic rings. The van der Waals surface area contributed by atoms with E-state index in [0.29, 0.717) is 5.82 Å². The molecule has 1 aliphatic carbocycles. The first-order valence-electron chi connectivity index (χ1n) is 20.9. The number of nitrogens with zero attached hydrogens (tertiary/aromatic N) is 3. The predicted octanol–water partition coefficient (Wildman–Crippen LogP) is 15.0. The van der Waals surface area contributed by atoms with Gasteiger partial charge in [0.15, 0.2) is 5.82 Å². The third-order valence-corrected chi connectivity index (χ3v) is 12.4. The second-order valence-corrected chi connectivity index (χ2v) is 16.5. The second kappa shape index (κ2) is 14.8. The highest BCUT2D eigenvalue weighted by Crippen LogP contribution is 2.52. The summed E-state index contributed by atoms with van der Waals surface area (Å²) in [6.07, 6.45) is 3.65. The van der Waals surface area contributed by atoms with Crippen molar-refractivity contribution < 1.29 is 0 Å². The average Bonchev–Trinajstić information content (AvgIpc) is 3.57. The fraction of sp³-hybridized carbons (Fsp3) is 0.0517. The second-order valence-electron chi connectivity index (χ2n) is 16.5. The van der Waals surface area contributed by atoms with Gasteiger partial charge in [-0.15, -0.1) is 0 Å². The molecule has 1 aliphatic rings. The summed E-state index contributed by atoms with van der Waals surface area (Å²) in [7, 11) is 0. The van der Waals surface area contributed by atoms with Crippen molar-refractivity contribution in [3.8, 4) is 89.5 Å². The van der Waals surface area contributed by atoms with Gasteiger partial charge < -0.3 is 0 Å². The van der Waals surface area contributed by atoms with Gasteiger partial charge in [-0.25, -0.2) is 9.97 Å².